The molecule has 0 amide bonds. The van der Waals surface area contributed by atoms with Crippen molar-refractivity contribution in [2.24, 2.45) is 5.73 Å². The SMILES string of the molecule is Cc1nc(-c2ccncc2)n2c1CC(N)CC2. The maximum atomic E-state index is 6.02. The van der Waals surface area contributed by atoms with Gasteiger partial charge in [0.05, 0.1) is 5.69 Å². The first-order chi connectivity index (χ1) is 8.25. The Morgan fingerprint density at radius 3 is 2.88 bits per heavy atom. The molecule has 17 heavy (non-hydrogen) atoms. The number of hydrogen-bond donors (Lipinski definition) is 1. The molecule has 0 fully saturated rings. The van der Waals surface area contributed by atoms with Crippen LogP contribution in [0.15, 0.2) is 24.5 Å². The van der Waals surface area contributed by atoms with Crippen LogP contribution in [-0.2, 0) is 13.0 Å². The molecule has 0 saturated carbocycles. The molecule has 88 valence electrons. The van der Waals surface area contributed by atoms with Gasteiger partial charge < -0.3 is 10.3 Å². The van der Waals surface area contributed by atoms with E-state index in [-0.39, 0.29) is 6.04 Å². The van der Waals surface area contributed by atoms with Gasteiger partial charge in [0.2, 0.25) is 0 Å². The second-order valence-electron chi connectivity index (χ2n) is 4.61. The van der Waals surface area contributed by atoms with E-state index in [0.717, 1.165) is 36.5 Å². The second-order valence-corrected chi connectivity index (χ2v) is 4.61. The van der Waals surface area contributed by atoms with Gasteiger partial charge >= 0.3 is 0 Å². The van der Waals surface area contributed by atoms with Crippen molar-refractivity contribution in [3.63, 3.8) is 0 Å². The van der Waals surface area contributed by atoms with Crippen LogP contribution in [0.1, 0.15) is 17.8 Å². The summed E-state index contributed by atoms with van der Waals surface area (Å²) in [6.45, 7) is 3.03. The Kier molecular flexibility index (Phi) is 2.44. The van der Waals surface area contributed by atoms with E-state index in [4.69, 9.17) is 5.73 Å². The van der Waals surface area contributed by atoms with Crippen LogP contribution in [0.2, 0.25) is 0 Å². The van der Waals surface area contributed by atoms with E-state index >= 15 is 0 Å². The number of imidazole rings is 1. The van der Waals surface area contributed by atoms with E-state index < -0.39 is 0 Å². The zero-order valence-electron chi connectivity index (χ0n) is 9.93. The molecular formula is C13H16N4. The maximum absolute atomic E-state index is 6.02. The van der Waals surface area contributed by atoms with Gasteiger partial charge in [-0.3, -0.25) is 4.98 Å². The number of fused-ring (bicyclic) bond motifs is 1. The van der Waals surface area contributed by atoms with Gasteiger partial charge in [0.1, 0.15) is 5.82 Å². The van der Waals surface area contributed by atoms with Gasteiger partial charge in [0.25, 0.3) is 0 Å². The van der Waals surface area contributed by atoms with Gasteiger partial charge in [-0.05, 0) is 25.5 Å². The molecule has 4 nitrogen and oxygen atoms in total. The number of aromatic nitrogens is 3. The largest absolute Gasteiger partial charge is 0.328 e. The van der Waals surface area contributed by atoms with Crippen molar-refractivity contribution < 1.29 is 0 Å². The van der Waals surface area contributed by atoms with Gasteiger partial charge in [0.15, 0.2) is 0 Å². The van der Waals surface area contributed by atoms with Crippen molar-refractivity contribution in [3.8, 4) is 11.4 Å². The Hall–Kier alpha value is -1.68. The molecule has 3 heterocycles. The molecule has 1 atom stereocenters. The number of nitrogens with two attached hydrogens (primary N) is 1. The molecule has 0 bridgehead atoms. The van der Waals surface area contributed by atoms with Gasteiger partial charge in [-0.1, -0.05) is 0 Å². The molecule has 2 N–H and O–H groups in total. The summed E-state index contributed by atoms with van der Waals surface area (Å²) in [5, 5.41) is 0. The van der Waals surface area contributed by atoms with Gasteiger partial charge in [0, 0.05) is 42.7 Å². The molecule has 1 aliphatic heterocycles. The highest BCUT2D eigenvalue weighted by Crippen LogP contribution is 2.26. The molecular weight excluding hydrogens is 212 g/mol. The summed E-state index contributed by atoms with van der Waals surface area (Å²) in [5.41, 5.74) is 9.54. The van der Waals surface area contributed by atoms with Crippen LogP contribution in [-0.4, -0.2) is 20.6 Å². The normalized spacial score (nSPS) is 19.1. The first-order valence-corrected chi connectivity index (χ1v) is 5.97. The molecule has 4 heteroatoms. The summed E-state index contributed by atoms with van der Waals surface area (Å²) in [7, 11) is 0. The fourth-order valence-electron chi connectivity index (χ4n) is 2.47. The third kappa shape index (κ3) is 1.74. The lowest BCUT2D eigenvalue weighted by molar-refractivity contribution is 0.473. The highest BCUT2D eigenvalue weighted by Gasteiger charge is 2.22. The molecule has 1 unspecified atom stereocenters. The average Bonchev–Trinajstić information content (AvgIpc) is 2.68. The molecule has 0 spiro atoms. The number of hydrogen-bond acceptors (Lipinski definition) is 3. The van der Waals surface area contributed by atoms with Crippen LogP contribution in [0, 0.1) is 6.92 Å². The van der Waals surface area contributed by atoms with E-state index in [2.05, 4.69) is 21.5 Å². The summed E-state index contributed by atoms with van der Waals surface area (Å²) >= 11 is 0. The summed E-state index contributed by atoms with van der Waals surface area (Å²) in [6, 6.07) is 4.29. The molecule has 0 aromatic carbocycles. The van der Waals surface area contributed by atoms with Crippen LogP contribution in [0.25, 0.3) is 11.4 Å². The highest BCUT2D eigenvalue weighted by atomic mass is 15.1. The zero-order chi connectivity index (χ0) is 11.8. The minimum atomic E-state index is 0.281. The zero-order valence-corrected chi connectivity index (χ0v) is 9.93. The molecule has 0 aliphatic carbocycles. The number of nitrogens with zero attached hydrogens (tertiary/aromatic N) is 3. The maximum Gasteiger partial charge on any atom is 0.140 e. The summed E-state index contributed by atoms with van der Waals surface area (Å²) in [6.07, 6.45) is 5.58. The van der Waals surface area contributed by atoms with E-state index in [0.29, 0.717) is 0 Å². The molecule has 3 rings (SSSR count). The first-order valence-electron chi connectivity index (χ1n) is 5.97. The molecule has 2 aromatic rings. The van der Waals surface area contributed by atoms with Gasteiger partial charge in [-0.2, -0.15) is 0 Å². The summed E-state index contributed by atoms with van der Waals surface area (Å²) < 4.78 is 2.30. The van der Waals surface area contributed by atoms with Crippen molar-refractivity contribution in [2.75, 3.05) is 0 Å². The lowest BCUT2D eigenvalue weighted by atomic mass is 10.0. The number of aryl methyl sites for hydroxylation is 1. The summed E-state index contributed by atoms with van der Waals surface area (Å²) in [4.78, 5) is 8.72. The Morgan fingerprint density at radius 2 is 2.12 bits per heavy atom. The van der Waals surface area contributed by atoms with E-state index in [1.165, 1.54) is 5.69 Å². The van der Waals surface area contributed by atoms with Crippen molar-refractivity contribution in [1.82, 2.24) is 14.5 Å². The average molecular weight is 228 g/mol. The fourth-order valence-corrected chi connectivity index (χ4v) is 2.47. The van der Waals surface area contributed by atoms with Crippen LogP contribution < -0.4 is 5.73 Å². The topological polar surface area (TPSA) is 56.7 Å². The highest BCUT2D eigenvalue weighted by molar-refractivity contribution is 5.56. The Balaban J connectivity index is 2.11. The Bertz CT molecular complexity index is 530. The van der Waals surface area contributed by atoms with Crippen molar-refractivity contribution in [1.29, 1.82) is 0 Å². The van der Waals surface area contributed by atoms with E-state index in [9.17, 15) is 0 Å². The first kappa shape index (κ1) is 10.5. The lowest BCUT2D eigenvalue weighted by Crippen LogP contribution is -2.31. The van der Waals surface area contributed by atoms with Crippen LogP contribution in [0.3, 0.4) is 0 Å². The van der Waals surface area contributed by atoms with Crippen LogP contribution >= 0.6 is 0 Å². The lowest BCUT2D eigenvalue weighted by Gasteiger charge is -2.22. The monoisotopic (exact) mass is 228 g/mol. The predicted molar refractivity (Wildman–Crippen MR) is 66.5 cm³/mol. The number of rotatable bonds is 1. The molecule has 1 aliphatic rings. The molecule has 0 radical (unpaired) electrons. The smallest absolute Gasteiger partial charge is 0.140 e. The van der Waals surface area contributed by atoms with Crippen molar-refractivity contribution in [3.05, 3.63) is 35.9 Å². The second kappa shape index (κ2) is 3.96. The third-order valence-electron chi connectivity index (χ3n) is 3.39. The fraction of sp³-hybridized carbons (Fsp3) is 0.385. The van der Waals surface area contributed by atoms with Crippen LogP contribution in [0.5, 0.6) is 0 Å². The minimum Gasteiger partial charge on any atom is -0.328 e. The van der Waals surface area contributed by atoms with Gasteiger partial charge in [-0.15, -0.1) is 0 Å². The van der Waals surface area contributed by atoms with E-state index in [1.807, 2.05) is 12.1 Å². The standard InChI is InChI=1S/C13H16N4/c1-9-12-8-11(14)4-7-17(12)13(16-9)10-2-5-15-6-3-10/h2-3,5-6,11H,4,7-8,14H2,1H3. The number of pyridine rings is 1. The predicted octanol–water partition coefficient (Wildman–Crippen LogP) is 1.53. The van der Waals surface area contributed by atoms with Gasteiger partial charge in [-0.25, -0.2) is 4.98 Å². The van der Waals surface area contributed by atoms with Crippen molar-refractivity contribution in [2.45, 2.75) is 32.4 Å². The minimum absolute atomic E-state index is 0.281. The quantitative estimate of drug-likeness (QED) is 0.805. The van der Waals surface area contributed by atoms with Crippen molar-refractivity contribution >= 4 is 0 Å². The Morgan fingerprint density at radius 1 is 1.35 bits per heavy atom. The molecule has 2 aromatic heterocycles. The molecule has 0 saturated heterocycles. The summed E-state index contributed by atoms with van der Waals surface area (Å²) in [5.74, 6) is 1.05. The van der Waals surface area contributed by atoms with Crippen LogP contribution in [0.4, 0.5) is 0 Å². The van der Waals surface area contributed by atoms with E-state index in [1.54, 1.807) is 12.4 Å². The Labute approximate surface area is 101 Å². The third-order valence-corrected chi connectivity index (χ3v) is 3.39.